The van der Waals surface area contributed by atoms with Gasteiger partial charge in [-0.15, -0.1) is 0 Å². The summed E-state index contributed by atoms with van der Waals surface area (Å²) in [5.41, 5.74) is 5.08. The van der Waals surface area contributed by atoms with E-state index in [0.717, 1.165) is 12.0 Å². The van der Waals surface area contributed by atoms with Gasteiger partial charge >= 0.3 is 11.8 Å². The molecule has 0 aromatic heterocycles. The van der Waals surface area contributed by atoms with Gasteiger partial charge in [-0.3, -0.25) is 9.59 Å². The number of nitrogens with one attached hydrogen (secondary N) is 3. The van der Waals surface area contributed by atoms with Gasteiger partial charge in [0.25, 0.3) is 0 Å². The summed E-state index contributed by atoms with van der Waals surface area (Å²) in [6, 6.07) is 18.3. The zero-order valence-electron chi connectivity index (χ0n) is 16.7. The van der Waals surface area contributed by atoms with E-state index in [1.54, 1.807) is 48.5 Å². The number of carbonyl (C=O) groups is 2. The molecule has 0 heterocycles. The highest BCUT2D eigenvalue weighted by Gasteiger charge is 2.13. The SMILES string of the molecule is CCc1ccc(NC(=O)C(=O)N/N=C\c2cc(Cl)ccc2Nc2ccccc2F)cc1. The first kappa shape index (κ1) is 22.0. The number of para-hydroxylation sites is 1. The quantitative estimate of drug-likeness (QED) is 0.291. The molecule has 8 heteroatoms. The molecule has 0 saturated heterocycles. The van der Waals surface area contributed by atoms with Crippen molar-refractivity contribution in [2.24, 2.45) is 5.10 Å². The molecule has 3 aromatic rings. The van der Waals surface area contributed by atoms with Crippen LogP contribution in [0.1, 0.15) is 18.1 Å². The summed E-state index contributed by atoms with van der Waals surface area (Å²) in [6.07, 6.45) is 2.19. The molecule has 0 aliphatic rings. The van der Waals surface area contributed by atoms with Crippen LogP contribution in [0.3, 0.4) is 0 Å². The molecule has 31 heavy (non-hydrogen) atoms. The second kappa shape index (κ2) is 10.4. The molecule has 0 radical (unpaired) electrons. The zero-order chi connectivity index (χ0) is 22.2. The number of anilines is 3. The lowest BCUT2D eigenvalue weighted by Crippen LogP contribution is -2.32. The van der Waals surface area contributed by atoms with Crippen LogP contribution in [0.15, 0.2) is 71.8 Å². The lowest BCUT2D eigenvalue weighted by Gasteiger charge is -2.10. The Morgan fingerprint density at radius 1 is 1.00 bits per heavy atom. The maximum absolute atomic E-state index is 13.9. The van der Waals surface area contributed by atoms with Crippen molar-refractivity contribution in [2.45, 2.75) is 13.3 Å². The van der Waals surface area contributed by atoms with Crippen molar-refractivity contribution in [1.82, 2.24) is 5.43 Å². The van der Waals surface area contributed by atoms with Gasteiger partial charge in [0.2, 0.25) is 0 Å². The summed E-state index contributed by atoms with van der Waals surface area (Å²) in [7, 11) is 0. The minimum atomic E-state index is -0.929. The summed E-state index contributed by atoms with van der Waals surface area (Å²) in [5.74, 6) is -2.20. The van der Waals surface area contributed by atoms with Gasteiger partial charge in [0.15, 0.2) is 0 Å². The Labute approximate surface area is 184 Å². The lowest BCUT2D eigenvalue weighted by atomic mass is 10.1. The number of hydrogen-bond acceptors (Lipinski definition) is 4. The molecule has 0 spiro atoms. The first-order chi connectivity index (χ1) is 15.0. The van der Waals surface area contributed by atoms with Gasteiger partial charge in [-0.2, -0.15) is 5.10 Å². The normalized spacial score (nSPS) is 10.7. The Kier molecular flexibility index (Phi) is 7.35. The predicted octanol–water partition coefficient (Wildman–Crippen LogP) is 4.87. The Bertz CT molecular complexity index is 1120. The van der Waals surface area contributed by atoms with Gasteiger partial charge in [-0.1, -0.05) is 42.8 Å². The summed E-state index contributed by atoms with van der Waals surface area (Å²) >= 11 is 6.04. The van der Waals surface area contributed by atoms with Gasteiger partial charge < -0.3 is 10.6 Å². The van der Waals surface area contributed by atoms with E-state index in [0.29, 0.717) is 22.0 Å². The molecular formula is C23H20ClFN4O2. The Hall–Kier alpha value is -3.71. The van der Waals surface area contributed by atoms with Crippen molar-refractivity contribution in [1.29, 1.82) is 0 Å². The minimum absolute atomic E-state index is 0.275. The molecule has 3 aromatic carbocycles. The Morgan fingerprint density at radius 3 is 2.45 bits per heavy atom. The highest BCUT2D eigenvalue weighted by molar-refractivity contribution is 6.39. The summed E-state index contributed by atoms with van der Waals surface area (Å²) in [4.78, 5) is 24.1. The molecule has 0 fully saturated rings. The van der Waals surface area contributed by atoms with E-state index >= 15 is 0 Å². The maximum Gasteiger partial charge on any atom is 0.329 e. The predicted molar refractivity (Wildman–Crippen MR) is 121 cm³/mol. The van der Waals surface area contributed by atoms with Crippen LogP contribution in [0.4, 0.5) is 21.5 Å². The molecule has 3 N–H and O–H groups in total. The van der Waals surface area contributed by atoms with Gasteiger partial charge in [0.05, 0.1) is 11.9 Å². The van der Waals surface area contributed by atoms with E-state index in [1.165, 1.54) is 12.3 Å². The topological polar surface area (TPSA) is 82.6 Å². The number of rotatable bonds is 6. The molecule has 0 saturated carbocycles. The highest BCUT2D eigenvalue weighted by Crippen LogP contribution is 2.24. The monoisotopic (exact) mass is 438 g/mol. The summed E-state index contributed by atoms with van der Waals surface area (Å²) in [5, 5.41) is 9.71. The van der Waals surface area contributed by atoms with Crippen LogP contribution in [-0.2, 0) is 16.0 Å². The fourth-order valence-electron chi connectivity index (χ4n) is 2.68. The van der Waals surface area contributed by atoms with Crippen molar-refractivity contribution in [3.05, 3.63) is 88.7 Å². The lowest BCUT2D eigenvalue weighted by molar-refractivity contribution is -0.136. The van der Waals surface area contributed by atoms with E-state index in [9.17, 15) is 14.0 Å². The van der Waals surface area contributed by atoms with Crippen LogP contribution < -0.4 is 16.1 Å². The molecular weight excluding hydrogens is 419 g/mol. The molecule has 2 amide bonds. The number of hydrogen-bond donors (Lipinski definition) is 3. The molecule has 158 valence electrons. The number of benzene rings is 3. The first-order valence-electron chi connectivity index (χ1n) is 9.50. The van der Waals surface area contributed by atoms with E-state index in [4.69, 9.17) is 11.6 Å². The van der Waals surface area contributed by atoms with Gasteiger partial charge in [0, 0.05) is 22.0 Å². The number of halogens is 2. The number of aryl methyl sites for hydroxylation is 1. The summed E-state index contributed by atoms with van der Waals surface area (Å²) in [6.45, 7) is 2.02. The standard InChI is InChI=1S/C23H20ClFN4O2/c1-2-15-7-10-18(11-8-15)27-22(30)23(31)29-26-14-16-13-17(24)9-12-20(16)28-21-6-4-3-5-19(21)25/h3-14,28H,2H2,1H3,(H,27,30)(H,29,31)/b26-14-. The van der Waals surface area contributed by atoms with Crippen LogP contribution >= 0.6 is 11.6 Å². The molecule has 0 atom stereocenters. The second-order valence-electron chi connectivity index (χ2n) is 6.54. The minimum Gasteiger partial charge on any atom is -0.353 e. The third-order valence-corrected chi connectivity index (χ3v) is 4.59. The Balaban J connectivity index is 1.65. The first-order valence-corrected chi connectivity index (χ1v) is 9.88. The summed E-state index contributed by atoms with van der Waals surface area (Å²) < 4.78 is 13.9. The van der Waals surface area contributed by atoms with Crippen LogP contribution in [0.2, 0.25) is 5.02 Å². The van der Waals surface area contributed by atoms with Crippen molar-refractivity contribution in [2.75, 3.05) is 10.6 Å². The van der Waals surface area contributed by atoms with Gasteiger partial charge in [-0.05, 0) is 54.4 Å². The van der Waals surface area contributed by atoms with E-state index in [-0.39, 0.29) is 5.69 Å². The molecule has 0 unspecified atom stereocenters. The molecule has 6 nitrogen and oxygen atoms in total. The average molecular weight is 439 g/mol. The van der Waals surface area contributed by atoms with Crippen LogP contribution in [-0.4, -0.2) is 18.0 Å². The van der Waals surface area contributed by atoms with E-state index < -0.39 is 17.6 Å². The van der Waals surface area contributed by atoms with Gasteiger partial charge in [0.1, 0.15) is 5.82 Å². The number of carbonyl (C=O) groups excluding carboxylic acids is 2. The van der Waals surface area contributed by atoms with Gasteiger partial charge in [-0.25, -0.2) is 9.82 Å². The van der Waals surface area contributed by atoms with Crippen molar-refractivity contribution < 1.29 is 14.0 Å². The van der Waals surface area contributed by atoms with Crippen molar-refractivity contribution in [3.63, 3.8) is 0 Å². The van der Waals surface area contributed by atoms with E-state index in [2.05, 4.69) is 21.2 Å². The molecule has 3 rings (SSSR count). The van der Waals surface area contributed by atoms with Crippen LogP contribution in [0, 0.1) is 5.82 Å². The van der Waals surface area contributed by atoms with Crippen LogP contribution in [0.25, 0.3) is 0 Å². The molecule has 0 aliphatic carbocycles. The third-order valence-electron chi connectivity index (χ3n) is 4.35. The van der Waals surface area contributed by atoms with Crippen molar-refractivity contribution in [3.8, 4) is 0 Å². The largest absolute Gasteiger partial charge is 0.353 e. The van der Waals surface area contributed by atoms with Crippen LogP contribution in [0.5, 0.6) is 0 Å². The zero-order valence-corrected chi connectivity index (χ0v) is 17.4. The number of amides is 2. The smallest absolute Gasteiger partial charge is 0.329 e. The third kappa shape index (κ3) is 6.13. The highest BCUT2D eigenvalue weighted by atomic mass is 35.5. The second-order valence-corrected chi connectivity index (χ2v) is 6.98. The average Bonchev–Trinajstić information content (AvgIpc) is 2.77. The number of hydrazone groups is 1. The Morgan fingerprint density at radius 2 is 1.74 bits per heavy atom. The molecule has 0 bridgehead atoms. The fourth-order valence-corrected chi connectivity index (χ4v) is 2.87. The van der Waals surface area contributed by atoms with Crippen molar-refractivity contribution >= 4 is 46.7 Å². The van der Waals surface area contributed by atoms with E-state index in [1.807, 2.05) is 19.1 Å². The number of nitrogens with zero attached hydrogens (tertiary/aromatic N) is 1. The molecule has 0 aliphatic heterocycles. The maximum atomic E-state index is 13.9. The fraction of sp³-hybridized carbons (Fsp3) is 0.0870.